The number of hydrogen-bond donors (Lipinski definition) is 0. The maximum absolute atomic E-state index is 5.74. The van der Waals surface area contributed by atoms with E-state index in [1.807, 2.05) is 11.8 Å². The van der Waals surface area contributed by atoms with E-state index in [-0.39, 0.29) is 0 Å². The summed E-state index contributed by atoms with van der Waals surface area (Å²) in [6.45, 7) is 5.33. The van der Waals surface area contributed by atoms with E-state index in [0.29, 0.717) is 0 Å². The van der Waals surface area contributed by atoms with Gasteiger partial charge in [-0.25, -0.2) is 0 Å². The van der Waals surface area contributed by atoms with Crippen molar-refractivity contribution in [3.05, 3.63) is 24.3 Å². The van der Waals surface area contributed by atoms with Crippen LogP contribution in [0.2, 0.25) is 0 Å². The molecule has 0 unspecified atom stereocenters. The number of benzene rings is 1. The fraction of sp³-hybridized carbons (Fsp3) is 0.647. The first-order valence-corrected chi connectivity index (χ1v) is 8.71. The molecule has 0 saturated carbocycles. The SMILES string of the molecule is CCCCCCOc1ccc(SCCCCC)cc1. The quantitative estimate of drug-likeness (QED) is 0.367. The van der Waals surface area contributed by atoms with Crippen molar-refractivity contribution in [2.45, 2.75) is 63.7 Å². The molecule has 0 aliphatic rings. The molecule has 0 spiro atoms. The Hall–Kier alpha value is -0.630. The summed E-state index contributed by atoms with van der Waals surface area (Å²) in [5, 5.41) is 0. The molecule has 2 heteroatoms. The Morgan fingerprint density at radius 1 is 0.842 bits per heavy atom. The van der Waals surface area contributed by atoms with Crippen LogP contribution in [0.5, 0.6) is 5.75 Å². The van der Waals surface area contributed by atoms with Crippen LogP contribution in [-0.2, 0) is 0 Å². The molecule has 0 bridgehead atoms. The largest absolute Gasteiger partial charge is 0.494 e. The summed E-state index contributed by atoms with van der Waals surface area (Å²) in [5.74, 6) is 2.24. The molecular weight excluding hydrogens is 252 g/mol. The third-order valence-electron chi connectivity index (χ3n) is 3.11. The van der Waals surface area contributed by atoms with E-state index in [4.69, 9.17) is 4.74 Å². The van der Waals surface area contributed by atoms with Gasteiger partial charge < -0.3 is 4.74 Å². The average molecular weight is 280 g/mol. The summed E-state index contributed by atoms with van der Waals surface area (Å²) >= 11 is 1.95. The first-order chi connectivity index (χ1) is 9.36. The standard InChI is InChI=1S/C17H28OS/c1-3-5-7-8-14-18-16-10-12-17(13-11-16)19-15-9-6-4-2/h10-13H,3-9,14-15H2,1-2H3. The van der Waals surface area contributed by atoms with Crippen molar-refractivity contribution >= 4 is 11.8 Å². The predicted molar refractivity (Wildman–Crippen MR) is 86.3 cm³/mol. The minimum absolute atomic E-state index is 0.850. The van der Waals surface area contributed by atoms with Gasteiger partial charge in [0.25, 0.3) is 0 Å². The second-order valence-corrected chi connectivity index (χ2v) is 6.10. The Bertz CT molecular complexity index is 308. The summed E-state index contributed by atoms with van der Waals surface area (Å²) in [6.07, 6.45) is 9.00. The van der Waals surface area contributed by atoms with Crippen molar-refractivity contribution in [1.29, 1.82) is 0 Å². The fourth-order valence-corrected chi connectivity index (χ4v) is 2.81. The topological polar surface area (TPSA) is 9.23 Å². The second kappa shape index (κ2) is 11.2. The third-order valence-corrected chi connectivity index (χ3v) is 4.21. The van der Waals surface area contributed by atoms with Crippen molar-refractivity contribution in [3.63, 3.8) is 0 Å². The molecule has 108 valence electrons. The van der Waals surface area contributed by atoms with E-state index >= 15 is 0 Å². The zero-order valence-corrected chi connectivity index (χ0v) is 13.3. The maximum atomic E-state index is 5.74. The number of unbranched alkanes of at least 4 members (excludes halogenated alkanes) is 5. The molecule has 0 heterocycles. The van der Waals surface area contributed by atoms with Crippen molar-refractivity contribution in [2.24, 2.45) is 0 Å². The molecular formula is C17H28OS. The molecule has 1 nitrogen and oxygen atoms in total. The van der Waals surface area contributed by atoms with E-state index < -0.39 is 0 Å². The smallest absolute Gasteiger partial charge is 0.119 e. The monoisotopic (exact) mass is 280 g/mol. The Morgan fingerprint density at radius 3 is 2.21 bits per heavy atom. The molecule has 0 aromatic heterocycles. The molecule has 0 N–H and O–H groups in total. The van der Waals surface area contributed by atoms with Crippen LogP contribution in [-0.4, -0.2) is 12.4 Å². The zero-order valence-electron chi connectivity index (χ0n) is 12.5. The van der Waals surface area contributed by atoms with Gasteiger partial charge in [-0.2, -0.15) is 0 Å². The van der Waals surface area contributed by atoms with Gasteiger partial charge >= 0.3 is 0 Å². The summed E-state index contributed by atoms with van der Waals surface area (Å²) in [4.78, 5) is 1.36. The summed E-state index contributed by atoms with van der Waals surface area (Å²) < 4.78 is 5.74. The van der Waals surface area contributed by atoms with Gasteiger partial charge in [-0.15, -0.1) is 11.8 Å². The van der Waals surface area contributed by atoms with Crippen LogP contribution in [0.25, 0.3) is 0 Å². The molecule has 1 aromatic carbocycles. The van der Waals surface area contributed by atoms with E-state index in [9.17, 15) is 0 Å². The molecule has 0 aliphatic carbocycles. The Morgan fingerprint density at radius 2 is 1.53 bits per heavy atom. The second-order valence-electron chi connectivity index (χ2n) is 4.94. The van der Waals surface area contributed by atoms with Crippen LogP contribution in [0.15, 0.2) is 29.2 Å². The highest BCUT2D eigenvalue weighted by atomic mass is 32.2. The first-order valence-electron chi connectivity index (χ1n) is 7.72. The van der Waals surface area contributed by atoms with Crippen molar-refractivity contribution < 1.29 is 4.74 Å². The molecule has 0 aliphatic heterocycles. The number of thioether (sulfide) groups is 1. The van der Waals surface area contributed by atoms with Gasteiger partial charge in [-0.05, 0) is 42.9 Å². The van der Waals surface area contributed by atoms with Crippen molar-refractivity contribution in [1.82, 2.24) is 0 Å². The lowest BCUT2D eigenvalue weighted by molar-refractivity contribution is 0.305. The minimum atomic E-state index is 0.850. The Kier molecular flexibility index (Phi) is 9.70. The fourth-order valence-electron chi connectivity index (χ4n) is 1.89. The van der Waals surface area contributed by atoms with Crippen LogP contribution >= 0.6 is 11.8 Å². The van der Waals surface area contributed by atoms with E-state index in [2.05, 4.69) is 38.1 Å². The average Bonchev–Trinajstić information content (AvgIpc) is 2.45. The lowest BCUT2D eigenvalue weighted by Gasteiger charge is -2.07. The molecule has 1 rings (SSSR count). The molecule has 19 heavy (non-hydrogen) atoms. The Labute approximate surface area is 123 Å². The molecule has 0 fully saturated rings. The van der Waals surface area contributed by atoms with Crippen molar-refractivity contribution in [2.75, 3.05) is 12.4 Å². The van der Waals surface area contributed by atoms with Crippen LogP contribution in [0, 0.1) is 0 Å². The van der Waals surface area contributed by atoms with E-state index in [1.165, 1.54) is 55.6 Å². The summed E-state index contributed by atoms with van der Waals surface area (Å²) in [5.41, 5.74) is 0. The molecule has 0 radical (unpaired) electrons. The van der Waals surface area contributed by atoms with Crippen LogP contribution in [0.4, 0.5) is 0 Å². The van der Waals surface area contributed by atoms with Gasteiger partial charge in [0.2, 0.25) is 0 Å². The molecule has 0 atom stereocenters. The number of rotatable bonds is 11. The summed E-state index contributed by atoms with van der Waals surface area (Å²) in [7, 11) is 0. The highest BCUT2D eigenvalue weighted by Crippen LogP contribution is 2.22. The van der Waals surface area contributed by atoms with E-state index in [1.54, 1.807) is 0 Å². The number of ether oxygens (including phenoxy) is 1. The highest BCUT2D eigenvalue weighted by molar-refractivity contribution is 7.99. The van der Waals surface area contributed by atoms with Crippen LogP contribution < -0.4 is 4.74 Å². The maximum Gasteiger partial charge on any atom is 0.119 e. The van der Waals surface area contributed by atoms with Gasteiger partial charge in [0.15, 0.2) is 0 Å². The number of hydrogen-bond acceptors (Lipinski definition) is 2. The van der Waals surface area contributed by atoms with Crippen molar-refractivity contribution in [3.8, 4) is 5.75 Å². The van der Waals surface area contributed by atoms with Crippen LogP contribution in [0.3, 0.4) is 0 Å². The van der Waals surface area contributed by atoms with Gasteiger partial charge in [0.05, 0.1) is 6.61 Å². The summed E-state index contributed by atoms with van der Waals surface area (Å²) in [6, 6.07) is 8.56. The predicted octanol–water partition coefficient (Wildman–Crippen LogP) is 5.93. The lowest BCUT2D eigenvalue weighted by Crippen LogP contribution is -1.96. The molecule has 0 saturated heterocycles. The first kappa shape index (κ1) is 16.4. The molecule has 0 amide bonds. The minimum Gasteiger partial charge on any atom is -0.494 e. The van der Waals surface area contributed by atoms with E-state index in [0.717, 1.165) is 12.4 Å². The Balaban J connectivity index is 2.16. The van der Waals surface area contributed by atoms with Gasteiger partial charge in [0.1, 0.15) is 5.75 Å². The zero-order chi connectivity index (χ0) is 13.8. The van der Waals surface area contributed by atoms with Gasteiger partial charge in [-0.1, -0.05) is 46.0 Å². The highest BCUT2D eigenvalue weighted by Gasteiger charge is 1.97. The van der Waals surface area contributed by atoms with Crippen LogP contribution in [0.1, 0.15) is 58.8 Å². The normalized spacial score (nSPS) is 10.6. The third kappa shape index (κ3) is 8.20. The molecule has 1 aromatic rings. The lowest BCUT2D eigenvalue weighted by atomic mass is 10.2. The van der Waals surface area contributed by atoms with Gasteiger partial charge in [-0.3, -0.25) is 0 Å². The van der Waals surface area contributed by atoms with Gasteiger partial charge in [0, 0.05) is 4.90 Å².